The number of Topliss-reactive ketones (excluding diaryl/α,β-unsaturated/α-hetero) is 1. The molecule has 0 bridgehead atoms. The van der Waals surface area contributed by atoms with Gasteiger partial charge in [-0.25, -0.2) is 4.39 Å². The van der Waals surface area contributed by atoms with Crippen LogP contribution in [0.5, 0.6) is 0 Å². The SMILES string of the molecule is COCC(N)C(=O)Cc1cc(Cl)ccc1F. The first-order valence-corrected chi connectivity index (χ1v) is 5.13. The predicted molar refractivity (Wildman–Crippen MR) is 60.0 cm³/mol. The Bertz CT molecular complexity index is 384. The molecule has 1 unspecified atom stereocenters. The summed E-state index contributed by atoms with van der Waals surface area (Å²) in [7, 11) is 1.45. The zero-order valence-corrected chi connectivity index (χ0v) is 9.63. The number of hydrogen-bond donors (Lipinski definition) is 1. The van der Waals surface area contributed by atoms with E-state index in [1.54, 1.807) is 0 Å². The maximum Gasteiger partial charge on any atom is 0.156 e. The molecule has 0 radical (unpaired) electrons. The number of carbonyl (C=O) groups excluding carboxylic acids is 1. The van der Waals surface area contributed by atoms with Crippen molar-refractivity contribution in [3.8, 4) is 0 Å². The maximum absolute atomic E-state index is 13.3. The number of methoxy groups -OCH3 is 1. The molecule has 16 heavy (non-hydrogen) atoms. The van der Waals surface area contributed by atoms with E-state index in [1.165, 1.54) is 25.3 Å². The molecule has 5 heteroatoms. The number of ketones is 1. The van der Waals surface area contributed by atoms with Gasteiger partial charge >= 0.3 is 0 Å². The first-order chi connectivity index (χ1) is 7.54. The molecule has 0 saturated heterocycles. The van der Waals surface area contributed by atoms with Crippen LogP contribution in [0.1, 0.15) is 5.56 Å². The van der Waals surface area contributed by atoms with Gasteiger partial charge in [-0.3, -0.25) is 4.79 Å². The lowest BCUT2D eigenvalue weighted by Crippen LogP contribution is -2.36. The van der Waals surface area contributed by atoms with E-state index < -0.39 is 11.9 Å². The van der Waals surface area contributed by atoms with Crippen LogP contribution < -0.4 is 5.73 Å². The summed E-state index contributed by atoms with van der Waals surface area (Å²) in [4.78, 5) is 11.6. The molecule has 0 amide bonds. The van der Waals surface area contributed by atoms with Crippen molar-refractivity contribution in [2.24, 2.45) is 5.73 Å². The van der Waals surface area contributed by atoms with E-state index in [0.717, 1.165) is 0 Å². The number of halogens is 2. The molecule has 88 valence electrons. The monoisotopic (exact) mass is 245 g/mol. The number of carbonyl (C=O) groups is 1. The number of rotatable bonds is 5. The minimum absolute atomic E-state index is 0.0725. The summed E-state index contributed by atoms with van der Waals surface area (Å²) in [6.07, 6.45) is -0.0725. The Morgan fingerprint density at radius 3 is 2.94 bits per heavy atom. The van der Waals surface area contributed by atoms with Gasteiger partial charge in [-0.05, 0) is 23.8 Å². The van der Waals surface area contributed by atoms with Crippen molar-refractivity contribution in [3.63, 3.8) is 0 Å². The maximum atomic E-state index is 13.3. The summed E-state index contributed by atoms with van der Waals surface area (Å²) in [5.74, 6) is -0.731. The second-order valence-corrected chi connectivity index (χ2v) is 3.88. The first-order valence-electron chi connectivity index (χ1n) is 4.75. The van der Waals surface area contributed by atoms with Crippen LogP contribution >= 0.6 is 11.6 Å². The van der Waals surface area contributed by atoms with E-state index >= 15 is 0 Å². The standard InChI is InChI=1S/C11H13ClFNO2/c1-16-6-10(14)11(15)5-7-4-8(12)2-3-9(7)13/h2-4,10H,5-6,14H2,1H3. The van der Waals surface area contributed by atoms with E-state index in [1.807, 2.05) is 0 Å². The summed E-state index contributed by atoms with van der Waals surface area (Å²) in [5, 5.41) is 0.393. The van der Waals surface area contributed by atoms with Crippen molar-refractivity contribution in [2.75, 3.05) is 13.7 Å². The van der Waals surface area contributed by atoms with E-state index in [9.17, 15) is 9.18 Å². The summed E-state index contributed by atoms with van der Waals surface area (Å²) in [6.45, 7) is 0.126. The normalized spacial score (nSPS) is 12.5. The van der Waals surface area contributed by atoms with E-state index in [0.29, 0.717) is 5.02 Å². The molecular formula is C11H13ClFNO2. The molecular weight excluding hydrogens is 233 g/mol. The highest BCUT2D eigenvalue weighted by Gasteiger charge is 2.15. The summed E-state index contributed by atoms with van der Waals surface area (Å²) in [6, 6.07) is 3.35. The van der Waals surface area contributed by atoms with Gasteiger partial charge in [0.2, 0.25) is 0 Å². The van der Waals surface area contributed by atoms with Gasteiger partial charge in [0.05, 0.1) is 12.6 Å². The van der Waals surface area contributed by atoms with Gasteiger partial charge in [0, 0.05) is 18.6 Å². The first kappa shape index (κ1) is 13.1. The quantitative estimate of drug-likeness (QED) is 0.857. The molecule has 0 aliphatic rings. The van der Waals surface area contributed by atoms with Crippen LogP contribution in [0.4, 0.5) is 4.39 Å². The van der Waals surface area contributed by atoms with Crippen LogP contribution in [0.2, 0.25) is 5.02 Å². The van der Waals surface area contributed by atoms with Gasteiger partial charge in [0.15, 0.2) is 5.78 Å². The highest BCUT2D eigenvalue weighted by molar-refractivity contribution is 6.30. The van der Waals surface area contributed by atoms with Crippen LogP contribution in [0.15, 0.2) is 18.2 Å². The number of nitrogens with two attached hydrogens (primary N) is 1. The fraction of sp³-hybridized carbons (Fsp3) is 0.364. The number of ether oxygens (including phenoxy) is 1. The summed E-state index contributed by atoms with van der Waals surface area (Å²) < 4.78 is 18.0. The predicted octanol–water partition coefficient (Wildman–Crippen LogP) is 1.56. The highest BCUT2D eigenvalue weighted by atomic mass is 35.5. The molecule has 0 spiro atoms. The number of hydrogen-bond acceptors (Lipinski definition) is 3. The van der Waals surface area contributed by atoms with Crippen LogP contribution in [0.25, 0.3) is 0 Å². The lowest BCUT2D eigenvalue weighted by atomic mass is 10.0. The van der Waals surface area contributed by atoms with Gasteiger partial charge < -0.3 is 10.5 Å². The molecule has 1 atom stereocenters. The minimum Gasteiger partial charge on any atom is -0.383 e. The zero-order chi connectivity index (χ0) is 12.1. The third kappa shape index (κ3) is 3.56. The molecule has 1 rings (SSSR count). The Labute approximate surface area is 98.3 Å². The van der Waals surface area contributed by atoms with Crippen molar-refractivity contribution in [2.45, 2.75) is 12.5 Å². The second-order valence-electron chi connectivity index (χ2n) is 3.44. The molecule has 0 aliphatic heterocycles. The minimum atomic E-state index is -0.733. The van der Waals surface area contributed by atoms with Crippen molar-refractivity contribution in [1.29, 1.82) is 0 Å². The molecule has 2 N–H and O–H groups in total. The van der Waals surface area contributed by atoms with Crippen molar-refractivity contribution in [3.05, 3.63) is 34.6 Å². The molecule has 1 aromatic carbocycles. The van der Waals surface area contributed by atoms with Gasteiger partial charge in [0.25, 0.3) is 0 Å². The molecule has 0 saturated carbocycles. The van der Waals surface area contributed by atoms with E-state index in [-0.39, 0.29) is 24.4 Å². The van der Waals surface area contributed by atoms with Crippen molar-refractivity contribution >= 4 is 17.4 Å². The fourth-order valence-corrected chi connectivity index (χ4v) is 1.46. The average Bonchev–Trinajstić information content (AvgIpc) is 2.23. The van der Waals surface area contributed by atoms with E-state index in [4.69, 9.17) is 22.1 Å². The van der Waals surface area contributed by atoms with Crippen molar-refractivity contribution in [1.82, 2.24) is 0 Å². The fourth-order valence-electron chi connectivity index (χ4n) is 1.27. The largest absolute Gasteiger partial charge is 0.383 e. The smallest absolute Gasteiger partial charge is 0.156 e. The van der Waals surface area contributed by atoms with Crippen molar-refractivity contribution < 1.29 is 13.9 Å². The number of benzene rings is 1. The van der Waals surface area contributed by atoms with Crippen LogP contribution in [0.3, 0.4) is 0 Å². The molecule has 1 aromatic rings. The van der Waals surface area contributed by atoms with Gasteiger partial charge in [0.1, 0.15) is 5.82 Å². The second kappa shape index (κ2) is 5.94. The summed E-state index contributed by atoms with van der Waals surface area (Å²) >= 11 is 5.71. The third-order valence-corrected chi connectivity index (χ3v) is 2.37. The van der Waals surface area contributed by atoms with Gasteiger partial charge in [-0.15, -0.1) is 0 Å². The molecule has 0 fully saturated rings. The zero-order valence-electron chi connectivity index (χ0n) is 8.87. The van der Waals surface area contributed by atoms with Crippen LogP contribution in [-0.2, 0) is 16.0 Å². The topological polar surface area (TPSA) is 52.3 Å². The Kier molecular flexibility index (Phi) is 4.86. The summed E-state index contributed by atoms with van der Waals surface area (Å²) in [5.41, 5.74) is 5.79. The Morgan fingerprint density at radius 2 is 2.31 bits per heavy atom. The average molecular weight is 246 g/mol. The lowest BCUT2D eigenvalue weighted by Gasteiger charge is -2.09. The van der Waals surface area contributed by atoms with Gasteiger partial charge in [-0.2, -0.15) is 0 Å². The molecule has 0 heterocycles. The third-order valence-electron chi connectivity index (χ3n) is 2.13. The van der Waals surface area contributed by atoms with Crippen LogP contribution in [0, 0.1) is 5.82 Å². The Hall–Kier alpha value is -0.970. The van der Waals surface area contributed by atoms with E-state index in [2.05, 4.69) is 0 Å². The van der Waals surface area contributed by atoms with Crippen LogP contribution in [-0.4, -0.2) is 25.5 Å². The Morgan fingerprint density at radius 1 is 1.62 bits per heavy atom. The molecule has 0 aliphatic carbocycles. The molecule has 0 aromatic heterocycles. The van der Waals surface area contributed by atoms with Gasteiger partial charge in [-0.1, -0.05) is 11.6 Å². The Balaban J connectivity index is 2.72. The highest BCUT2D eigenvalue weighted by Crippen LogP contribution is 2.15. The lowest BCUT2D eigenvalue weighted by molar-refractivity contribution is -0.120. The molecule has 3 nitrogen and oxygen atoms in total.